The highest BCUT2D eigenvalue weighted by Crippen LogP contribution is 2.34. The van der Waals surface area contributed by atoms with Gasteiger partial charge < -0.3 is 29.0 Å². The number of nitrogens with zero attached hydrogens (tertiary/aromatic N) is 2. The molecule has 0 saturated carbocycles. The van der Waals surface area contributed by atoms with E-state index in [2.05, 4.69) is 9.62 Å². The molecular weight excluding hydrogens is 574 g/mol. The maximum absolute atomic E-state index is 13.8. The summed E-state index contributed by atoms with van der Waals surface area (Å²) >= 11 is 0. The predicted octanol–water partition coefficient (Wildman–Crippen LogP) is 3.58. The Morgan fingerprint density at radius 3 is 2.51 bits per heavy atom. The average Bonchev–Trinajstić information content (AvgIpc) is 3.46. The van der Waals surface area contributed by atoms with Gasteiger partial charge in [-0.05, 0) is 74.1 Å². The summed E-state index contributed by atoms with van der Waals surface area (Å²) in [7, 11) is -0.438. The van der Waals surface area contributed by atoms with E-state index in [-0.39, 0.29) is 47.5 Å². The maximum Gasteiger partial charge on any atom is 0.261 e. The van der Waals surface area contributed by atoms with Crippen LogP contribution in [0.5, 0.6) is 23.0 Å². The minimum atomic E-state index is -3.94. The van der Waals surface area contributed by atoms with Gasteiger partial charge in [-0.25, -0.2) is 8.42 Å². The molecular formula is C31H37N3O8S. The molecule has 1 amide bonds. The zero-order valence-electron chi connectivity index (χ0n) is 24.6. The largest absolute Gasteiger partial charge is 0.497 e. The summed E-state index contributed by atoms with van der Waals surface area (Å²) in [6.45, 7) is 5.34. The van der Waals surface area contributed by atoms with Crippen molar-refractivity contribution in [3.05, 3.63) is 71.8 Å². The number of nitrogens with one attached hydrogen (secondary N) is 1. The number of hydrogen-bond acceptors (Lipinski definition) is 9. The van der Waals surface area contributed by atoms with Gasteiger partial charge in [0.1, 0.15) is 17.6 Å². The minimum Gasteiger partial charge on any atom is -0.497 e. The molecule has 3 aromatic rings. The van der Waals surface area contributed by atoms with Crippen LogP contribution in [0.3, 0.4) is 0 Å². The Labute approximate surface area is 252 Å². The topological polar surface area (TPSA) is 127 Å². The van der Waals surface area contributed by atoms with Crippen LogP contribution in [0.2, 0.25) is 0 Å². The third-order valence-corrected chi connectivity index (χ3v) is 9.07. The number of amides is 1. The molecule has 0 radical (unpaired) electrons. The van der Waals surface area contributed by atoms with Crippen LogP contribution in [0.25, 0.3) is 0 Å². The van der Waals surface area contributed by atoms with E-state index in [9.17, 15) is 18.3 Å². The number of rotatable bonds is 10. The molecule has 3 aromatic carbocycles. The Kier molecular flexibility index (Phi) is 9.00. The molecule has 0 saturated heterocycles. The molecule has 0 spiro atoms. The molecule has 0 bridgehead atoms. The number of fused-ring (bicyclic) bond motifs is 2. The molecule has 3 atom stereocenters. The van der Waals surface area contributed by atoms with E-state index < -0.39 is 16.1 Å². The lowest BCUT2D eigenvalue weighted by molar-refractivity contribution is 0.0341. The van der Waals surface area contributed by atoms with Gasteiger partial charge in [-0.2, -0.15) is 0 Å². The fourth-order valence-electron chi connectivity index (χ4n) is 5.20. The number of anilines is 1. The van der Waals surface area contributed by atoms with Gasteiger partial charge in [-0.3, -0.25) is 14.4 Å². The molecule has 0 unspecified atom stereocenters. The predicted molar refractivity (Wildman–Crippen MR) is 160 cm³/mol. The van der Waals surface area contributed by atoms with Crippen molar-refractivity contribution in [3.63, 3.8) is 0 Å². The molecule has 11 nitrogen and oxygen atoms in total. The summed E-state index contributed by atoms with van der Waals surface area (Å²) in [6.07, 6.45) is -0.305. The molecule has 2 heterocycles. The monoisotopic (exact) mass is 611 g/mol. The fraction of sp³-hybridized carbons (Fsp3) is 0.387. The van der Waals surface area contributed by atoms with Crippen molar-refractivity contribution in [2.24, 2.45) is 5.92 Å². The second-order valence-electron chi connectivity index (χ2n) is 11.0. The van der Waals surface area contributed by atoms with Gasteiger partial charge in [-0.1, -0.05) is 13.0 Å². The van der Waals surface area contributed by atoms with Crippen LogP contribution >= 0.6 is 0 Å². The first-order valence-electron chi connectivity index (χ1n) is 14.0. The number of likely N-dealkylation sites (N-methyl/N-ethyl adjacent to an activating group) is 1. The first kappa shape index (κ1) is 30.5. The Morgan fingerprint density at radius 2 is 1.79 bits per heavy atom. The fourth-order valence-corrected chi connectivity index (χ4v) is 6.25. The van der Waals surface area contributed by atoms with Crippen molar-refractivity contribution in [1.29, 1.82) is 0 Å². The molecule has 2 aliphatic rings. The van der Waals surface area contributed by atoms with Crippen LogP contribution in [0, 0.1) is 5.92 Å². The lowest BCUT2D eigenvalue weighted by atomic mass is 9.99. The number of carbonyl (C=O) groups excluding carboxylic acids is 1. The highest BCUT2D eigenvalue weighted by atomic mass is 32.2. The second kappa shape index (κ2) is 12.7. The standard InChI is InChI=1S/C31H37N3O8S/c1-20-15-34(21(2)18-35)31(36)26-14-23(32-43(37,38)25-9-7-24(39-4)8-10-25)6-12-27(26)42-30(20)17-33(3)16-22-5-11-28-29(13-22)41-19-40-28/h5-14,20-21,30,32,35H,15-19H2,1-4H3/t20-,21+,30-/m0/s1. The highest BCUT2D eigenvalue weighted by Gasteiger charge is 2.34. The zero-order valence-corrected chi connectivity index (χ0v) is 25.5. The van der Waals surface area contributed by atoms with Crippen LogP contribution in [0.15, 0.2) is 65.6 Å². The molecule has 2 N–H and O–H groups in total. The number of aliphatic hydroxyl groups excluding tert-OH is 1. The molecule has 230 valence electrons. The summed E-state index contributed by atoms with van der Waals surface area (Å²) in [5, 5.41) is 9.96. The first-order chi connectivity index (χ1) is 20.6. The van der Waals surface area contributed by atoms with Gasteiger partial charge in [0.2, 0.25) is 6.79 Å². The normalized spacial score (nSPS) is 18.8. The van der Waals surface area contributed by atoms with Crippen LogP contribution < -0.4 is 23.7 Å². The van der Waals surface area contributed by atoms with E-state index in [1.807, 2.05) is 32.2 Å². The summed E-state index contributed by atoms with van der Waals surface area (Å²) in [5.74, 6) is 1.92. The number of ether oxygens (including phenoxy) is 4. The zero-order chi connectivity index (χ0) is 30.7. The van der Waals surface area contributed by atoms with E-state index in [1.165, 1.54) is 25.3 Å². The summed E-state index contributed by atoms with van der Waals surface area (Å²) < 4.78 is 51.3. The third kappa shape index (κ3) is 6.82. The lowest BCUT2D eigenvalue weighted by Gasteiger charge is -2.38. The number of hydrogen-bond donors (Lipinski definition) is 2. The van der Waals surface area contributed by atoms with Gasteiger partial charge >= 0.3 is 0 Å². The molecule has 0 aromatic heterocycles. The van der Waals surface area contributed by atoms with Crippen molar-refractivity contribution in [3.8, 4) is 23.0 Å². The molecule has 12 heteroatoms. The number of carbonyl (C=O) groups is 1. The smallest absolute Gasteiger partial charge is 0.261 e. The van der Waals surface area contributed by atoms with Gasteiger partial charge in [0.05, 0.1) is 30.2 Å². The van der Waals surface area contributed by atoms with Gasteiger partial charge in [0, 0.05) is 31.2 Å². The number of sulfonamides is 1. The van der Waals surface area contributed by atoms with Crippen molar-refractivity contribution in [2.75, 3.05) is 45.4 Å². The van der Waals surface area contributed by atoms with Gasteiger partial charge in [-0.15, -0.1) is 0 Å². The Balaban J connectivity index is 1.39. The lowest BCUT2D eigenvalue weighted by Crippen LogP contribution is -2.49. The summed E-state index contributed by atoms with van der Waals surface area (Å²) in [4.78, 5) is 17.6. The van der Waals surface area contributed by atoms with Crippen LogP contribution in [0.1, 0.15) is 29.8 Å². The Morgan fingerprint density at radius 1 is 1.07 bits per heavy atom. The van der Waals surface area contributed by atoms with E-state index in [4.69, 9.17) is 18.9 Å². The van der Waals surface area contributed by atoms with E-state index in [1.54, 1.807) is 36.1 Å². The summed E-state index contributed by atoms with van der Waals surface area (Å²) in [5.41, 5.74) is 1.49. The highest BCUT2D eigenvalue weighted by molar-refractivity contribution is 7.92. The number of aliphatic hydroxyl groups is 1. The van der Waals surface area contributed by atoms with Crippen molar-refractivity contribution in [1.82, 2.24) is 9.80 Å². The average molecular weight is 612 g/mol. The van der Waals surface area contributed by atoms with E-state index in [0.717, 1.165) is 17.1 Å². The van der Waals surface area contributed by atoms with Crippen LogP contribution in [0.4, 0.5) is 5.69 Å². The summed E-state index contributed by atoms with van der Waals surface area (Å²) in [6, 6.07) is 16.1. The molecule has 2 aliphatic heterocycles. The molecule has 43 heavy (non-hydrogen) atoms. The van der Waals surface area contributed by atoms with Gasteiger partial charge in [0.15, 0.2) is 11.5 Å². The van der Waals surface area contributed by atoms with Crippen molar-refractivity contribution in [2.45, 2.75) is 37.4 Å². The quantitative estimate of drug-likeness (QED) is 0.354. The maximum atomic E-state index is 13.8. The molecule has 0 aliphatic carbocycles. The number of methoxy groups -OCH3 is 1. The molecule has 0 fully saturated rings. The minimum absolute atomic E-state index is 0.0533. The first-order valence-corrected chi connectivity index (χ1v) is 15.5. The SMILES string of the molecule is COc1ccc(S(=O)(=O)Nc2ccc3c(c2)C(=O)N([C@H](C)CO)C[C@H](C)[C@H](CN(C)Cc2ccc4c(c2)OCO4)O3)cc1. The Bertz CT molecular complexity index is 1560. The third-order valence-electron chi connectivity index (χ3n) is 7.67. The van der Waals surface area contributed by atoms with Crippen LogP contribution in [-0.4, -0.2) is 82.0 Å². The van der Waals surface area contributed by atoms with E-state index >= 15 is 0 Å². The number of benzene rings is 3. The van der Waals surface area contributed by atoms with E-state index in [0.29, 0.717) is 31.1 Å². The molecule has 5 rings (SSSR count). The van der Waals surface area contributed by atoms with Gasteiger partial charge in [0.25, 0.3) is 15.9 Å². The van der Waals surface area contributed by atoms with Crippen molar-refractivity contribution >= 4 is 21.6 Å². The van der Waals surface area contributed by atoms with Crippen molar-refractivity contribution < 1.29 is 37.3 Å². The second-order valence-corrected chi connectivity index (χ2v) is 12.7. The van der Waals surface area contributed by atoms with Crippen LogP contribution in [-0.2, 0) is 16.6 Å². The Hall–Kier alpha value is -4.00.